The number of alkyl halides is 1. The average molecular weight is 440 g/mol. The van der Waals surface area contributed by atoms with Crippen molar-refractivity contribution in [1.82, 2.24) is 20.1 Å². The van der Waals surface area contributed by atoms with E-state index in [4.69, 9.17) is 4.74 Å². The van der Waals surface area contributed by atoms with E-state index in [1.54, 1.807) is 29.0 Å². The van der Waals surface area contributed by atoms with Crippen LogP contribution in [0.25, 0.3) is 22.3 Å². The van der Waals surface area contributed by atoms with Crippen molar-refractivity contribution in [2.45, 2.75) is 62.9 Å². The second-order valence-corrected chi connectivity index (χ2v) is 9.57. The highest BCUT2D eigenvalue weighted by Gasteiger charge is 2.53. The lowest BCUT2D eigenvalue weighted by Gasteiger charge is -2.54. The maximum atomic E-state index is 15.3. The summed E-state index contributed by atoms with van der Waals surface area (Å²) in [5.41, 5.74) is 1.10. The Kier molecular flexibility index (Phi) is 4.70. The third-order valence-electron chi connectivity index (χ3n) is 6.92. The lowest BCUT2D eigenvalue weighted by molar-refractivity contribution is -0.464. The van der Waals surface area contributed by atoms with Gasteiger partial charge in [-0.15, -0.1) is 10.2 Å². The summed E-state index contributed by atoms with van der Waals surface area (Å²) in [6, 6.07) is 6.42. The Balaban J connectivity index is 1.42. The van der Waals surface area contributed by atoms with Crippen LogP contribution < -0.4 is 14.5 Å². The molecule has 32 heavy (non-hydrogen) atoms. The first-order valence-electron chi connectivity index (χ1n) is 10.9. The van der Waals surface area contributed by atoms with E-state index >= 15 is 4.39 Å². The summed E-state index contributed by atoms with van der Waals surface area (Å²) in [5.74, 6) is 0.170. The summed E-state index contributed by atoms with van der Waals surface area (Å²) < 4.78 is 23.7. The predicted molar refractivity (Wildman–Crippen MR) is 117 cm³/mol. The fourth-order valence-corrected chi connectivity index (χ4v) is 5.31. The molecular weight excluding hydrogens is 413 g/mol. The van der Waals surface area contributed by atoms with Crippen molar-refractivity contribution < 1.29 is 18.7 Å². The van der Waals surface area contributed by atoms with Crippen molar-refractivity contribution in [3.8, 4) is 22.9 Å². The van der Waals surface area contributed by atoms with Crippen LogP contribution in [0.2, 0.25) is 0 Å². The minimum Gasteiger partial charge on any atom is -0.507 e. The molecule has 2 aliphatic rings. The van der Waals surface area contributed by atoms with E-state index in [0.29, 0.717) is 33.1 Å². The monoisotopic (exact) mass is 440 g/mol. The fourth-order valence-electron chi connectivity index (χ4n) is 5.31. The number of aromatic hydroxyl groups is 1. The van der Waals surface area contributed by atoms with Gasteiger partial charge >= 0.3 is 0 Å². The largest absolute Gasteiger partial charge is 0.507 e. The minimum atomic E-state index is -1.15. The van der Waals surface area contributed by atoms with Crippen LogP contribution in [0.1, 0.15) is 39.5 Å². The standard InChI is InChI=1S/C23H26FN5O3/c1-22-7-4-8-23(2,27-22)21(24)19(13-22)32-20-6-5-15(25-26-20)14-11-16-17(12-18(14)30)29(31)10-9-28(16)3/h5-6,9-12,19,21,27H,4,7-8,13H2,1-3H3/p+1/t19-,21-,22-,23+/m1/s1. The summed E-state index contributed by atoms with van der Waals surface area (Å²) in [4.78, 5) is 12.0. The molecule has 3 aromatic rings. The number of phenols is 1. The summed E-state index contributed by atoms with van der Waals surface area (Å²) in [6.07, 6.45) is 4.58. The van der Waals surface area contributed by atoms with Crippen LogP contribution in [-0.4, -0.2) is 43.2 Å². The first-order chi connectivity index (χ1) is 15.2. The van der Waals surface area contributed by atoms with Crippen LogP contribution in [0.4, 0.5) is 4.39 Å². The topological polar surface area (TPSA) is 95.2 Å². The van der Waals surface area contributed by atoms with E-state index < -0.39 is 17.8 Å². The van der Waals surface area contributed by atoms with E-state index in [9.17, 15) is 10.0 Å². The molecule has 5 rings (SSSR count). The van der Waals surface area contributed by atoms with Crippen LogP contribution in [0.3, 0.4) is 0 Å². The molecule has 2 saturated heterocycles. The van der Waals surface area contributed by atoms with Gasteiger partial charge in [0, 0.05) is 35.5 Å². The maximum Gasteiger partial charge on any atom is 0.290 e. The zero-order valence-corrected chi connectivity index (χ0v) is 18.4. The Morgan fingerprint density at radius 2 is 2.09 bits per heavy atom. The number of phenolic OH excluding ortho intramolecular Hbond substituents is 1. The predicted octanol–water partition coefficient (Wildman–Crippen LogP) is 3.04. The van der Waals surface area contributed by atoms with Gasteiger partial charge in [-0.3, -0.25) is 0 Å². The van der Waals surface area contributed by atoms with Gasteiger partial charge in [-0.2, -0.15) is 0 Å². The number of rotatable bonds is 3. The summed E-state index contributed by atoms with van der Waals surface area (Å²) in [6.45, 7) is 4.04. The van der Waals surface area contributed by atoms with Gasteiger partial charge in [0.1, 0.15) is 17.4 Å². The van der Waals surface area contributed by atoms with Gasteiger partial charge in [0.2, 0.25) is 12.1 Å². The highest BCUT2D eigenvalue weighted by atomic mass is 19.1. The van der Waals surface area contributed by atoms with Crippen LogP contribution in [-0.2, 0) is 7.05 Å². The highest BCUT2D eigenvalue weighted by molar-refractivity contribution is 5.83. The molecule has 0 amide bonds. The number of aryl methyl sites for hydroxylation is 1. The van der Waals surface area contributed by atoms with Crippen molar-refractivity contribution in [2.24, 2.45) is 7.05 Å². The van der Waals surface area contributed by atoms with E-state index in [1.807, 2.05) is 14.0 Å². The molecular formula is C23H27FN5O3+. The van der Waals surface area contributed by atoms with Gasteiger partial charge in [-0.05, 0) is 45.2 Å². The number of hydrogen-bond donors (Lipinski definition) is 2. The van der Waals surface area contributed by atoms with Crippen molar-refractivity contribution in [3.63, 3.8) is 0 Å². The molecule has 4 atom stereocenters. The van der Waals surface area contributed by atoms with Gasteiger partial charge < -0.3 is 19.7 Å². The Labute approximate surface area is 184 Å². The number of fused-ring (bicyclic) bond motifs is 3. The second kappa shape index (κ2) is 7.23. The number of nitrogens with zero attached hydrogens (tertiary/aromatic N) is 4. The SMILES string of the molecule is Cn1cc[n+](=O)c2cc(O)c(-c3ccc(O[C@@H]4C[C@@]5(C)CCC[C@](C)(N5)[C@@H]4F)nn3)cc21. The first kappa shape index (κ1) is 20.8. The first-order valence-corrected chi connectivity index (χ1v) is 10.9. The molecule has 2 N–H and O–H groups in total. The van der Waals surface area contributed by atoms with Crippen LogP contribution in [0.15, 0.2) is 36.7 Å². The Bertz CT molecular complexity index is 1250. The molecule has 2 aromatic heterocycles. The van der Waals surface area contributed by atoms with Crippen molar-refractivity contribution >= 4 is 11.0 Å². The molecule has 0 unspecified atom stereocenters. The molecule has 8 nitrogen and oxygen atoms in total. The van der Waals surface area contributed by atoms with Gasteiger partial charge in [-0.1, -0.05) is 0 Å². The molecule has 0 radical (unpaired) electrons. The molecule has 0 saturated carbocycles. The molecule has 1 aromatic carbocycles. The third-order valence-corrected chi connectivity index (χ3v) is 6.92. The molecule has 0 aliphatic carbocycles. The van der Waals surface area contributed by atoms with Gasteiger partial charge in [0.05, 0.1) is 27.9 Å². The van der Waals surface area contributed by atoms with E-state index in [-0.39, 0.29) is 17.2 Å². The number of halogens is 1. The minimum absolute atomic E-state index is 0.0767. The summed E-state index contributed by atoms with van der Waals surface area (Å²) >= 11 is 0. The quantitative estimate of drug-likeness (QED) is 0.608. The lowest BCUT2D eigenvalue weighted by atomic mass is 9.69. The zero-order valence-electron chi connectivity index (χ0n) is 18.4. The number of piperidine rings is 2. The van der Waals surface area contributed by atoms with E-state index in [0.717, 1.165) is 19.3 Å². The Morgan fingerprint density at radius 1 is 1.28 bits per heavy atom. The average Bonchev–Trinajstić information content (AvgIpc) is 2.75. The summed E-state index contributed by atoms with van der Waals surface area (Å²) in [5, 5.41) is 22.3. The fraction of sp³-hybridized carbons (Fsp3) is 0.478. The number of hydrogen-bond acceptors (Lipinski definition) is 6. The van der Waals surface area contributed by atoms with Crippen LogP contribution in [0.5, 0.6) is 11.6 Å². The molecule has 4 heterocycles. The molecule has 168 valence electrons. The Morgan fingerprint density at radius 3 is 2.84 bits per heavy atom. The van der Waals surface area contributed by atoms with Crippen LogP contribution >= 0.6 is 0 Å². The molecule has 9 heteroatoms. The van der Waals surface area contributed by atoms with Crippen molar-refractivity contribution in [3.05, 3.63) is 41.6 Å². The van der Waals surface area contributed by atoms with E-state index in [1.165, 1.54) is 12.3 Å². The molecule has 0 spiro atoms. The zero-order chi connectivity index (χ0) is 22.7. The maximum absolute atomic E-state index is 15.3. The van der Waals surface area contributed by atoms with Gasteiger partial charge in [-0.25, -0.2) is 4.39 Å². The number of ether oxygens (including phenoxy) is 1. The number of benzene rings is 1. The second-order valence-electron chi connectivity index (χ2n) is 9.57. The van der Waals surface area contributed by atoms with Crippen LogP contribution in [0, 0.1) is 4.91 Å². The van der Waals surface area contributed by atoms with Gasteiger partial charge in [0.15, 0.2) is 6.17 Å². The Hall–Kier alpha value is -3.07. The molecule has 2 bridgehead atoms. The van der Waals surface area contributed by atoms with Gasteiger partial charge in [0.25, 0.3) is 5.52 Å². The van der Waals surface area contributed by atoms with Crippen molar-refractivity contribution in [1.29, 1.82) is 0 Å². The molecule has 2 aliphatic heterocycles. The highest BCUT2D eigenvalue weighted by Crippen LogP contribution is 2.42. The number of aromatic nitrogens is 4. The number of nitrogens with one attached hydrogen (secondary N) is 1. The van der Waals surface area contributed by atoms with E-state index in [2.05, 4.69) is 22.4 Å². The van der Waals surface area contributed by atoms with Crippen molar-refractivity contribution in [2.75, 3.05) is 0 Å². The molecule has 2 fully saturated rings. The lowest BCUT2D eigenvalue weighted by Crippen LogP contribution is -2.71. The normalized spacial score (nSPS) is 29.8. The third kappa shape index (κ3) is 3.40. The smallest absolute Gasteiger partial charge is 0.290 e. The summed E-state index contributed by atoms with van der Waals surface area (Å²) in [7, 11) is 1.81.